The SMILES string of the molecule is Cc1cc(C)c(CCN(C)O)c(C)c1. The van der Waals surface area contributed by atoms with E-state index in [0.717, 1.165) is 6.42 Å². The molecule has 0 aliphatic heterocycles. The fourth-order valence-electron chi connectivity index (χ4n) is 1.88. The molecule has 78 valence electrons. The molecule has 0 unspecified atom stereocenters. The van der Waals surface area contributed by atoms with Gasteiger partial charge in [0.25, 0.3) is 0 Å². The van der Waals surface area contributed by atoms with Crippen LogP contribution in [0.5, 0.6) is 0 Å². The minimum Gasteiger partial charge on any atom is -0.314 e. The average molecular weight is 193 g/mol. The Balaban J connectivity index is 2.86. The molecule has 1 rings (SSSR count). The summed E-state index contributed by atoms with van der Waals surface area (Å²) in [6.45, 7) is 7.06. The summed E-state index contributed by atoms with van der Waals surface area (Å²) in [6.07, 6.45) is 0.908. The summed E-state index contributed by atoms with van der Waals surface area (Å²) in [4.78, 5) is 0. The lowest BCUT2D eigenvalue weighted by atomic mass is 9.97. The molecule has 0 amide bonds. The van der Waals surface area contributed by atoms with Crippen LogP contribution in [0.15, 0.2) is 12.1 Å². The second-order valence-electron chi connectivity index (χ2n) is 4.01. The predicted molar refractivity (Wildman–Crippen MR) is 58.8 cm³/mol. The summed E-state index contributed by atoms with van der Waals surface area (Å²) in [6, 6.07) is 4.39. The maximum Gasteiger partial charge on any atom is 0.0275 e. The van der Waals surface area contributed by atoms with Gasteiger partial charge in [-0.05, 0) is 43.9 Å². The first-order valence-electron chi connectivity index (χ1n) is 4.97. The lowest BCUT2D eigenvalue weighted by molar-refractivity contribution is -0.0634. The predicted octanol–water partition coefficient (Wildman–Crippen LogP) is 2.48. The first-order chi connectivity index (χ1) is 6.50. The summed E-state index contributed by atoms with van der Waals surface area (Å²) in [7, 11) is 1.68. The molecule has 0 aliphatic rings. The average Bonchev–Trinajstić information content (AvgIpc) is 2.01. The number of hydrogen-bond acceptors (Lipinski definition) is 2. The molecule has 0 bridgehead atoms. The van der Waals surface area contributed by atoms with Crippen molar-refractivity contribution in [1.29, 1.82) is 0 Å². The number of hydroxylamine groups is 2. The van der Waals surface area contributed by atoms with Gasteiger partial charge >= 0.3 is 0 Å². The third-order valence-corrected chi connectivity index (χ3v) is 2.53. The Morgan fingerprint density at radius 1 is 1.14 bits per heavy atom. The third-order valence-electron chi connectivity index (χ3n) is 2.53. The molecule has 0 spiro atoms. The lowest BCUT2D eigenvalue weighted by Crippen LogP contribution is -2.16. The van der Waals surface area contributed by atoms with Crippen LogP contribution >= 0.6 is 0 Å². The normalized spacial score (nSPS) is 11.0. The molecule has 1 aromatic carbocycles. The monoisotopic (exact) mass is 193 g/mol. The molecule has 0 atom stereocenters. The van der Waals surface area contributed by atoms with Crippen molar-refractivity contribution in [3.63, 3.8) is 0 Å². The van der Waals surface area contributed by atoms with E-state index in [0.29, 0.717) is 6.54 Å². The third kappa shape index (κ3) is 2.82. The Hall–Kier alpha value is -0.860. The topological polar surface area (TPSA) is 23.5 Å². The van der Waals surface area contributed by atoms with Crippen molar-refractivity contribution in [3.8, 4) is 0 Å². The van der Waals surface area contributed by atoms with Crippen molar-refractivity contribution in [2.45, 2.75) is 27.2 Å². The van der Waals surface area contributed by atoms with Crippen molar-refractivity contribution in [3.05, 3.63) is 34.4 Å². The van der Waals surface area contributed by atoms with Crippen LogP contribution < -0.4 is 0 Å². The van der Waals surface area contributed by atoms with E-state index < -0.39 is 0 Å². The van der Waals surface area contributed by atoms with Gasteiger partial charge in [0, 0.05) is 13.6 Å². The largest absolute Gasteiger partial charge is 0.314 e. The molecular weight excluding hydrogens is 174 g/mol. The van der Waals surface area contributed by atoms with Crippen LogP contribution in [0.1, 0.15) is 22.3 Å². The van der Waals surface area contributed by atoms with Crippen LogP contribution in [0.2, 0.25) is 0 Å². The molecule has 14 heavy (non-hydrogen) atoms. The Morgan fingerprint density at radius 3 is 2.07 bits per heavy atom. The van der Waals surface area contributed by atoms with Gasteiger partial charge in [0.2, 0.25) is 0 Å². The molecule has 0 aliphatic carbocycles. The van der Waals surface area contributed by atoms with E-state index in [1.807, 2.05) is 0 Å². The second-order valence-corrected chi connectivity index (χ2v) is 4.01. The zero-order valence-corrected chi connectivity index (χ0v) is 9.46. The molecule has 0 saturated heterocycles. The van der Waals surface area contributed by atoms with E-state index in [4.69, 9.17) is 5.21 Å². The van der Waals surface area contributed by atoms with Gasteiger partial charge in [0.05, 0.1) is 0 Å². The molecule has 2 heteroatoms. The molecule has 1 N–H and O–H groups in total. The molecule has 2 nitrogen and oxygen atoms in total. The summed E-state index contributed by atoms with van der Waals surface area (Å²) < 4.78 is 0. The van der Waals surface area contributed by atoms with E-state index in [-0.39, 0.29) is 0 Å². The number of nitrogens with zero attached hydrogens (tertiary/aromatic N) is 1. The Labute approximate surface area is 86.1 Å². The van der Waals surface area contributed by atoms with Crippen LogP contribution in [-0.4, -0.2) is 23.9 Å². The highest BCUT2D eigenvalue weighted by Gasteiger charge is 2.04. The van der Waals surface area contributed by atoms with Gasteiger partial charge in [-0.15, -0.1) is 0 Å². The van der Waals surface area contributed by atoms with E-state index in [1.165, 1.54) is 27.3 Å². The van der Waals surface area contributed by atoms with E-state index in [2.05, 4.69) is 32.9 Å². The van der Waals surface area contributed by atoms with E-state index in [1.54, 1.807) is 7.05 Å². The van der Waals surface area contributed by atoms with Gasteiger partial charge < -0.3 is 5.21 Å². The molecule has 0 radical (unpaired) electrons. The Kier molecular flexibility index (Phi) is 3.67. The zero-order valence-electron chi connectivity index (χ0n) is 9.46. The van der Waals surface area contributed by atoms with Gasteiger partial charge in [-0.25, -0.2) is 0 Å². The summed E-state index contributed by atoms with van der Waals surface area (Å²) in [5, 5.41) is 10.3. The van der Waals surface area contributed by atoms with Crippen molar-refractivity contribution in [1.82, 2.24) is 5.06 Å². The Morgan fingerprint density at radius 2 is 1.64 bits per heavy atom. The summed E-state index contributed by atoms with van der Waals surface area (Å²) >= 11 is 0. The number of rotatable bonds is 3. The standard InChI is InChI=1S/C12H19NO/c1-9-7-10(2)12(11(3)8-9)5-6-13(4)14/h7-8,14H,5-6H2,1-4H3. The maximum absolute atomic E-state index is 9.08. The van der Waals surface area contributed by atoms with Gasteiger partial charge in [0.15, 0.2) is 0 Å². The molecule has 0 aromatic heterocycles. The van der Waals surface area contributed by atoms with Gasteiger partial charge in [-0.1, -0.05) is 17.7 Å². The minimum atomic E-state index is 0.685. The Bertz CT molecular complexity index is 295. The summed E-state index contributed by atoms with van der Waals surface area (Å²) in [5.41, 5.74) is 5.31. The highest BCUT2D eigenvalue weighted by Crippen LogP contribution is 2.16. The molecule has 0 heterocycles. The van der Waals surface area contributed by atoms with Gasteiger partial charge in [0.1, 0.15) is 0 Å². The van der Waals surface area contributed by atoms with Crippen LogP contribution in [0.3, 0.4) is 0 Å². The number of benzene rings is 1. The fraction of sp³-hybridized carbons (Fsp3) is 0.500. The molecule has 1 aromatic rings. The van der Waals surface area contributed by atoms with E-state index in [9.17, 15) is 0 Å². The maximum atomic E-state index is 9.08. The van der Waals surface area contributed by atoms with E-state index >= 15 is 0 Å². The van der Waals surface area contributed by atoms with Crippen LogP contribution in [0.25, 0.3) is 0 Å². The number of aryl methyl sites for hydroxylation is 3. The molecular formula is C12H19NO. The van der Waals surface area contributed by atoms with Crippen LogP contribution in [-0.2, 0) is 6.42 Å². The number of hydrogen-bond donors (Lipinski definition) is 1. The van der Waals surface area contributed by atoms with Gasteiger partial charge in [-0.3, -0.25) is 0 Å². The zero-order chi connectivity index (χ0) is 10.7. The van der Waals surface area contributed by atoms with Crippen molar-refractivity contribution in [2.24, 2.45) is 0 Å². The molecule has 0 saturated carbocycles. The van der Waals surface area contributed by atoms with Crippen molar-refractivity contribution in [2.75, 3.05) is 13.6 Å². The van der Waals surface area contributed by atoms with Crippen molar-refractivity contribution >= 4 is 0 Å². The molecule has 0 fully saturated rings. The fourth-order valence-corrected chi connectivity index (χ4v) is 1.88. The van der Waals surface area contributed by atoms with Crippen LogP contribution in [0.4, 0.5) is 0 Å². The highest BCUT2D eigenvalue weighted by atomic mass is 16.5. The number of likely N-dealkylation sites (N-methyl/N-ethyl adjacent to an activating group) is 1. The highest BCUT2D eigenvalue weighted by molar-refractivity contribution is 5.37. The van der Waals surface area contributed by atoms with Gasteiger partial charge in [-0.2, -0.15) is 5.06 Å². The first-order valence-corrected chi connectivity index (χ1v) is 4.97. The smallest absolute Gasteiger partial charge is 0.0275 e. The summed E-state index contributed by atoms with van der Waals surface area (Å²) in [5.74, 6) is 0. The minimum absolute atomic E-state index is 0.685. The van der Waals surface area contributed by atoms with Crippen molar-refractivity contribution < 1.29 is 5.21 Å². The second kappa shape index (κ2) is 4.58. The van der Waals surface area contributed by atoms with Crippen LogP contribution in [0, 0.1) is 20.8 Å². The first kappa shape index (κ1) is 11.2. The quantitative estimate of drug-likeness (QED) is 0.745. The lowest BCUT2D eigenvalue weighted by Gasteiger charge is -2.13.